The number of esters is 1. The van der Waals surface area contributed by atoms with Crippen molar-refractivity contribution in [2.75, 3.05) is 0 Å². The van der Waals surface area contributed by atoms with Crippen LogP contribution in [0.1, 0.15) is 42.1 Å². The smallest absolute Gasteiger partial charge is 0.349 e. The molecule has 2 rings (SSSR count). The standard InChI is InChI=1S/C17H18ClNO3S/c1-17(2,3)19-15(20)14(11-6-8-12(18)9-7-11)22-16(21)13-5-4-10-23-13/h4-10,14H,1-3H3,(H,19,20). The van der Waals surface area contributed by atoms with Crippen molar-refractivity contribution >= 4 is 34.8 Å². The minimum atomic E-state index is -1.03. The lowest BCUT2D eigenvalue weighted by molar-refractivity contribution is -0.131. The Morgan fingerprint density at radius 2 is 1.83 bits per heavy atom. The maximum absolute atomic E-state index is 12.5. The number of carbonyl (C=O) groups excluding carboxylic acids is 2. The Balaban J connectivity index is 2.25. The van der Waals surface area contributed by atoms with E-state index in [1.54, 1.807) is 41.8 Å². The van der Waals surface area contributed by atoms with Crippen LogP contribution >= 0.6 is 22.9 Å². The summed E-state index contributed by atoms with van der Waals surface area (Å²) in [6, 6.07) is 10.1. The Morgan fingerprint density at radius 1 is 1.17 bits per heavy atom. The molecule has 0 aliphatic heterocycles. The molecule has 2 aromatic rings. The molecule has 1 aromatic heterocycles. The van der Waals surface area contributed by atoms with E-state index in [4.69, 9.17) is 16.3 Å². The number of rotatable bonds is 4. The van der Waals surface area contributed by atoms with Crippen molar-refractivity contribution in [3.63, 3.8) is 0 Å². The predicted molar refractivity (Wildman–Crippen MR) is 91.8 cm³/mol. The number of hydrogen-bond donors (Lipinski definition) is 1. The summed E-state index contributed by atoms with van der Waals surface area (Å²) in [6.45, 7) is 5.60. The number of carbonyl (C=O) groups is 2. The first kappa shape index (κ1) is 17.5. The molecule has 1 amide bonds. The Labute approximate surface area is 144 Å². The third kappa shape index (κ3) is 5.08. The maximum atomic E-state index is 12.5. The van der Waals surface area contributed by atoms with Crippen LogP contribution in [0.25, 0.3) is 0 Å². The summed E-state index contributed by atoms with van der Waals surface area (Å²) in [6.07, 6.45) is -1.03. The number of nitrogens with one attached hydrogen (secondary N) is 1. The van der Waals surface area contributed by atoms with E-state index >= 15 is 0 Å². The minimum Gasteiger partial charge on any atom is -0.443 e. The van der Waals surface area contributed by atoms with Gasteiger partial charge in [-0.15, -0.1) is 11.3 Å². The minimum absolute atomic E-state index is 0.371. The van der Waals surface area contributed by atoms with Gasteiger partial charge < -0.3 is 10.1 Å². The number of benzene rings is 1. The first-order valence-corrected chi connectivity index (χ1v) is 8.34. The zero-order valence-corrected chi connectivity index (χ0v) is 14.7. The normalized spacial score (nSPS) is 12.5. The molecule has 1 heterocycles. The summed E-state index contributed by atoms with van der Waals surface area (Å²) in [7, 11) is 0. The van der Waals surface area contributed by atoms with Crippen LogP contribution in [0.15, 0.2) is 41.8 Å². The van der Waals surface area contributed by atoms with E-state index in [2.05, 4.69) is 5.32 Å². The average molecular weight is 352 g/mol. The van der Waals surface area contributed by atoms with Crippen molar-refractivity contribution in [2.45, 2.75) is 32.4 Å². The highest BCUT2D eigenvalue weighted by Gasteiger charge is 2.28. The van der Waals surface area contributed by atoms with Gasteiger partial charge in [0, 0.05) is 16.1 Å². The number of halogens is 1. The molecule has 0 saturated carbocycles. The SMILES string of the molecule is CC(C)(C)NC(=O)C(OC(=O)c1cccs1)c1ccc(Cl)cc1. The molecule has 1 atom stereocenters. The monoisotopic (exact) mass is 351 g/mol. The van der Waals surface area contributed by atoms with Crippen molar-refractivity contribution in [3.05, 3.63) is 57.2 Å². The van der Waals surface area contributed by atoms with Gasteiger partial charge in [0.05, 0.1) is 0 Å². The molecule has 0 aliphatic carbocycles. The molecule has 0 spiro atoms. The van der Waals surface area contributed by atoms with Gasteiger partial charge in [0.1, 0.15) is 4.88 Å². The van der Waals surface area contributed by atoms with Crippen LogP contribution in [0.5, 0.6) is 0 Å². The highest BCUT2D eigenvalue weighted by atomic mass is 35.5. The van der Waals surface area contributed by atoms with Crippen molar-refractivity contribution in [1.82, 2.24) is 5.32 Å². The lowest BCUT2D eigenvalue weighted by Crippen LogP contribution is -2.44. The summed E-state index contributed by atoms with van der Waals surface area (Å²) in [5, 5.41) is 5.17. The number of hydrogen-bond acceptors (Lipinski definition) is 4. The summed E-state index contributed by atoms with van der Waals surface area (Å²) in [5.74, 6) is -0.895. The van der Waals surface area contributed by atoms with Crippen molar-refractivity contribution in [1.29, 1.82) is 0 Å². The van der Waals surface area contributed by atoms with E-state index in [-0.39, 0.29) is 5.91 Å². The largest absolute Gasteiger partial charge is 0.443 e. The Morgan fingerprint density at radius 3 is 2.35 bits per heavy atom. The molecule has 4 nitrogen and oxygen atoms in total. The molecule has 0 saturated heterocycles. The molecule has 1 aromatic carbocycles. The summed E-state index contributed by atoms with van der Waals surface area (Å²) >= 11 is 7.15. The second-order valence-electron chi connectivity index (χ2n) is 6.05. The molecule has 122 valence electrons. The maximum Gasteiger partial charge on any atom is 0.349 e. The number of thiophene rings is 1. The topological polar surface area (TPSA) is 55.4 Å². The van der Waals surface area contributed by atoms with Crippen LogP contribution in [0, 0.1) is 0 Å². The molecule has 0 bridgehead atoms. The molecular weight excluding hydrogens is 334 g/mol. The van der Waals surface area contributed by atoms with Gasteiger partial charge in [-0.3, -0.25) is 4.79 Å². The van der Waals surface area contributed by atoms with Crippen LogP contribution in [-0.2, 0) is 9.53 Å². The Hall–Kier alpha value is -1.85. The number of amides is 1. The van der Waals surface area contributed by atoms with E-state index in [0.717, 1.165) is 0 Å². The first-order chi connectivity index (χ1) is 10.8. The Bertz CT molecular complexity index is 675. The van der Waals surface area contributed by atoms with Gasteiger partial charge in [-0.2, -0.15) is 0 Å². The van der Waals surface area contributed by atoms with Crippen molar-refractivity contribution in [2.24, 2.45) is 0 Å². The summed E-state index contributed by atoms with van der Waals surface area (Å²) in [4.78, 5) is 25.2. The van der Waals surface area contributed by atoms with Crippen LogP contribution in [0.4, 0.5) is 0 Å². The lowest BCUT2D eigenvalue weighted by atomic mass is 10.1. The molecule has 6 heteroatoms. The molecule has 0 fully saturated rings. The first-order valence-electron chi connectivity index (χ1n) is 7.08. The zero-order chi connectivity index (χ0) is 17.0. The highest BCUT2D eigenvalue weighted by molar-refractivity contribution is 7.11. The van der Waals surface area contributed by atoms with Crippen LogP contribution < -0.4 is 5.32 Å². The molecule has 0 aliphatic rings. The van der Waals surface area contributed by atoms with Gasteiger partial charge in [0.25, 0.3) is 5.91 Å². The van der Waals surface area contributed by atoms with E-state index in [1.165, 1.54) is 11.3 Å². The van der Waals surface area contributed by atoms with Crippen LogP contribution in [0.2, 0.25) is 5.02 Å². The fourth-order valence-electron chi connectivity index (χ4n) is 1.91. The summed E-state index contributed by atoms with van der Waals surface area (Å²) < 4.78 is 5.44. The number of ether oxygens (including phenoxy) is 1. The van der Waals surface area contributed by atoms with Crippen molar-refractivity contribution < 1.29 is 14.3 Å². The molecular formula is C17H18ClNO3S. The van der Waals surface area contributed by atoms with E-state index < -0.39 is 17.6 Å². The van der Waals surface area contributed by atoms with Gasteiger partial charge in [-0.1, -0.05) is 29.8 Å². The molecule has 1 unspecified atom stereocenters. The predicted octanol–water partition coefficient (Wildman–Crippen LogP) is 4.21. The fraction of sp³-hybridized carbons (Fsp3) is 0.294. The quantitative estimate of drug-likeness (QED) is 0.839. The molecule has 1 N–H and O–H groups in total. The average Bonchev–Trinajstić information content (AvgIpc) is 2.98. The van der Waals surface area contributed by atoms with Crippen LogP contribution in [0.3, 0.4) is 0 Å². The zero-order valence-electron chi connectivity index (χ0n) is 13.1. The van der Waals surface area contributed by atoms with Gasteiger partial charge in [0.15, 0.2) is 0 Å². The van der Waals surface area contributed by atoms with E-state index in [9.17, 15) is 9.59 Å². The highest BCUT2D eigenvalue weighted by Crippen LogP contribution is 2.23. The van der Waals surface area contributed by atoms with E-state index in [0.29, 0.717) is 15.5 Å². The molecule has 23 heavy (non-hydrogen) atoms. The van der Waals surface area contributed by atoms with E-state index in [1.807, 2.05) is 20.8 Å². The second kappa shape index (κ2) is 7.15. The van der Waals surface area contributed by atoms with Crippen molar-refractivity contribution in [3.8, 4) is 0 Å². The summed E-state index contributed by atoms with van der Waals surface area (Å²) in [5.41, 5.74) is 0.137. The Kier molecular flexibility index (Phi) is 5.44. The lowest BCUT2D eigenvalue weighted by Gasteiger charge is -2.25. The van der Waals surface area contributed by atoms with Gasteiger partial charge >= 0.3 is 5.97 Å². The van der Waals surface area contributed by atoms with Gasteiger partial charge in [0.2, 0.25) is 6.10 Å². The second-order valence-corrected chi connectivity index (χ2v) is 7.44. The van der Waals surface area contributed by atoms with Gasteiger partial charge in [-0.25, -0.2) is 4.79 Å². The fourth-order valence-corrected chi connectivity index (χ4v) is 2.64. The molecule has 0 radical (unpaired) electrons. The third-order valence-corrected chi connectivity index (χ3v) is 3.96. The third-order valence-electron chi connectivity index (χ3n) is 2.86. The van der Waals surface area contributed by atoms with Gasteiger partial charge in [-0.05, 0) is 44.4 Å². The van der Waals surface area contributed by atoms with Crippen LogP contribution in [-0.4, -0.2) is 17.4 Å².